The minimum atomic E-state index is -0.383. The molecule has 0 radical (unpaired) electrons. The lowest BCUT2D eigenvalue weighted by molar-refractivity contribution is 0.105. The van der Waals surface area contributed by atoms with Crippen molar-refractivity contribution < 1.29 is 14.6 Å². The van der Waals surface area contributed by atoms with Crippen molar-refractivity contribution in [1.82, 2.24) is 0 Å². The quantitative estimate of drug-likeness (QED) is 0.669. The van der Waals surface area contributed by atoms with Gasteiger partial charge in [0.15, 0.2) is 5.78 Å². The third-order valence-corrected chi connectivity index (χ3v) is 4.30. The Kier molecular flexibility index (Phi) is 3.62. The number of benzene rings is 1. The van der Waals surface area contributed by atoms with Crippen LogP contribution >= 0.6 is 11.3 Å². The standard InChI is InChI=1S/C18H16O3S/c1-18(2)10-9-13-15(21-18)8-6-12(17(13)20)5-7-14(19)16-4-3-11-22-16/h3-11,20H,1-2H3/b7-5+. The number of carbonyl (C=O) groups is 1. The molecule has 0 aliphatic carbocycles. The van der Waals surface area contributed by atoms with Gasteiger partial charge in [-0.15, -0.1) is 11.3 Å². The average Bonchev–Trinajstić information content (AvgIpc) is 2.99. The lowest BCUT2D eigenvalue weighted by atomic mass is 9.99. The van der Waals surface area contributed by atoms with E-state index >= 15 is 0 Å². The maximum Gasteiger partial charge on any atom is 0.195 e. The summed E-state index contributed by atoms with van der Waals surface area (Å²) in [6.07, 6.45) is 6.86. The molecule has 112 valence electrons. The molecule has 0 saturated heterocycles. The number of hydrogen-bond donors (Lipinski definition) is 1. The van der Waals surface area contributed by atoms with E-state index in [1.165, 1.54) is 17.4 Å². The van der Waals surface area contributed by atoms with Gasteiger partial charge in [-0.25, -0.2) is 0 Å². The van der Waals surface area contributed by atoms with Crippen LogP contribution < -0.4 is 4.74 Å². The lowest BCUT2D eigenvalue weighted by Crippen LogP contribution is -2.27. The molecule has 3 rings (SSSR count). The number of ketones is 1. The Labute approximate surface area is 133 Å². The molecule has 0 amide bonds. The molecule has 0 saturated carbocycles. The fourth-order valence-corrected chi connectivity index (χ4v) is 2.90. The van der Waals surface area contributed by atoms with Crippen molar-refractivity contribution >= 4 is 29.3 Å². The predicted molar refractivity (Wildman–Crippen MR) is 89.5 cm³/mol. The number of phenolic OH excluding ortho intramolecular Hbond substituents is 1. The van der Waals surface area contributed by atoms with Gasteiger partial charge in [0, 0.05) is 5.56 Å². The van der Waals surface area contributed by atoms with Crippen molar-refractivity contribution in [1.29, 1.82) is 0 Å². The number of thiophene rings is 1. The topological polar surface area (TPSA) is 46.5 Å². The fourth-order valence-electron chi connectivity index (χ4n) is 2.26. The molecule has 3 nitrogen and oxygen atoms in total. The van der Waals surface area contributed by atoms with Gasteiger partial charge in [0.1, 0.15) is 17.1 Å². The van der Waals surface area contributed by atoms with Crippen LogP contribution in [0.3, 0.4) is 0 Å². The number of allylic oxidation sites excluding steroid dienone is 1. The van der Waals surface area contributed by atoms with Crippen LogP contribution in [0.25, 0.3) is 12.2 Å². The molecule has 0 spiro atoms. The molecule has 0 fully saturated rings. The van der Waals surface area contributed by atoms with Crippen molar-refractivity contribution in [3.05, 3.63) is 57.8 Å². The number of rotatable bonds is 3. The van der Waals surface area contributed by atoms with Gasteiger partial charge in [-0.3, -0.25) is 4.79 Å². The van der Waals surface area contributed by atoms with Gasteiger partial charge < -0.3 is 9.84 Å². The van der Waals surface area contributed by atoms with Crippen LogP contribution in [0.4, 0.5) is 0 Å². The second kappa shape index (κ2) is 5.46. The van der Waals surface area contributed by atoms with E-state index in [0.717, 1.165) is 0 Å². The van der Waals surface area contributed by atoms with E-state index in [4.69, 9.17) is 4.74 Å². The highest BCUT2D eigenvalue weighted by Crippen LogP contribution is 2.38. The van der Waals surface area contributed by atoms with Crippen molar-refractivity contribution in [3.8, 4) is 11.5 Å². The second-order valence-corrected chi connectivity index (χ2v) is 6.58. The summed E-state index contributed by atoms with van der Waals surface area (Å²) >= 11 is 1.40. The summed E-state index contributed by atoms with van der Waals surface area (Å²) in [5.41, 5.74) is 0.855. The Bertz CT molecular complexity index is 768. The van der Waals surface area contributed by atoms with Gasteiger partial charge in [0.25, 0.3) is 0 Å². The van der Waals surface area contributed by atoms with E-state index < -0.39 is 0 Å². The zero-order valence-corrected chi connectivity index (χ0v) is 13.2. The number of aromatic hydroxyl groups is 1. The SMILES string of the molecule is CC1(C)C=Cc2c(ccc(/C=C/C(=O)c3cccs3)c2O)O1. The van der Waals surface area contributed by atoms with E-state index in [9.17, 15) is 9.90 Å². The predicted octanol–water partition coefficient (Wildman–Crippen LogP) is 4.53. The second-order valence-electron chi connectivity index (χ2n) is 5.63. The minimum absolute atomic E-state index is 0.0694. The van der Waals surface area contributed by atoms with Crippen LogP contribution in [0.2, 0.25) is 0 Å². The van der Waals surface area contributed by atoms with E-state index in [1.54, 1.807) is 18.2 Å². The van der Waals surface area contributed by atoms with Gasteiger partial charge in [-0.05, 0) is 61.7 Å². The molecule has 1 aromatic carbocycles. The van der Waals surface area contributed by atoms with Gasteiger partial charge in [0.2, 0.25) is 0 Å². The number of ether oxygens (including phenoxy) is 1. The first-order valence-corrected chi connectivity index (χ1v) is 7.84. The van der Waals surface area contributed by atoms with Gasteiger partial charge in [-0.2, -0.15) is 0 Å². The maximum absolute atomic E-state index is 12.0. The summed E-state index contributed by atoms with van der Waals surface area (Å²) in [6, 6.07) is 7.19. The van der Waals surface area contributed by atoms with E-state index in [0.29, 0.717) is 21.8 Å². The van der Waals surface area contributed by atoms with Crippen LogP contribution in [0.15, 0.2) is 41.8 Å². The van der Waals surface area contributed by atoms with E-state index in [-0.39, 0.29) is 17.1 Å². The Hall–Kier alpha value is -2.33. The molecule has 1 aromatic heterocycles. The Balaban J connectivity index is 1.89. The minimum Gasteiger partial charge on any atom is -0.507 e. The first kappa shape index (κ1) is 14.6. The highest BCUT2D eigenvalue weighted by molar-refractivity contribution is 7.12. The first-order valence-electron chi connectivity index (χ1n) is 6.96. The smallest absolute Gasteiger partial charge is 0.195 e. The maximum atomic E-state index is 12.0. The van der Waals surface area contributed by atoms with Crippen LogP contribution in [0, 0.1) is 0 Å². The highest BCUT2D eigenvalue weighted by atomic mass is 32.1. The molecular formula is C18H16O3S. The fraction of sp³-hybridized carbons (Fsp3) is 0.167. The molecule has 1 N–H and O–H groups in total. The molecule has 1 aliphatic heterocycles. The lowest BCUT2D eigenvalue weighted by Gasteiger charge is -2.28. The molecule has 2 heterocycles. The Morgan fingerprint density at radius 2 is 2.14 bits per heavy atom. The van der Waals surface area contributed by atoms with Crippen LogP contribution in [-0.4, -0.2) is 16.5 Å². The molecule has 2 aromatic rings. The number of phenols is 1. The van der Waals surface area contributed by atoms with Crippen molar-refractivity contribution in [3.63, 3.8) is 0 Å². The Morgan fingerprint density at radius 3 is 2.86 bits per heavy atom. The average molecular weight is 312 g/mol. The van der Waals surface area contributed by atoms with Crippen molar-refractivity contribution in [2.75, 3.05) is 0 Å². The van der Waals surface area contributed by atoms with Crippen molar-refractivity contribution in [2.45, 2.75) is 19.4 Å². The molecule has 4 heteroatoms. The number of hydrogen-bond acceptors (Lipinski definition) is 4. The largest absolute Gasteiger partial charge is 0.507 e. The Morgan fingerprint density at radius 1 is 1.32 bits per heavy atom. The summed E-state index contributed by atoms with van der Waals surface area (Å²) in [4.78, 5) is 12.6. The molecule has 0 unspecified atom stereocenters. The summed E-state index contributed by atoms with van der Waals surface area (Å²) in [5.74, 6) is 0.700. The van der Waals surface area contributed by atoms with Crippen LogP contribution in [-0.2, 0) is 0 Å². The highest BCUT2D eigenvalue weighted by Gasteiger charge is 2.23. The zero-order chi connectivity index (χ0) is 15.7. The molecule has 0 bridgehead atoms. The normalized spacial score (nSPS) is 15.5. The third-order valence-electron chi connectivity index (χ3n) is 3.41. The summed E-state index contributed by atoms with van der Waals surface area (Å²) in [6.45, 7) is 3.91. The van der Waals surface area contributed by atoms with Crippen molar-refractivity contribution in [2.24, 2.45) is 0 Å². The zero-order valence-electron chi connectivity index (χ0n) is 12.4. The van der Waals surface area contributed by atoms with Gasteiger partial charge in [0.05, 0.1) is 10.4 Å². The summed E-state index contributed by atoms with van der Waals surface area (Å²) in [5, 5.41) is 12.2. The molecular weight excluding hydrogens is 296 g/mol. The number of carbonyl (C=O) groups excluding carboxylic acids is 1. The van der Waals surface area contributed by atoms with Gasteiger partial charge in [-0.1, -0.05) is 6.07 Å². The number of fused-ring (bicyclic) bond motifs is 1. The van der Waals surface area contributed by atoms with E-state index in [1.807, 2.05) is 43.5 Å². The first-order chi connectivity index (χ1) is 10.5. The monoisotopic (exact) mass is 312 g/mol. The third kappa shape index (κ3) is 2.83. The van der Waals surface area contributed by atoms with Crippen LogP contribution in [0.5, 0.6) is 11.5 Å². The summed E-state index contributed by atoms with van der Waals surface area (Å²) < 4.78 is 5.80. The molecule has 22 heavy (non-hydrogen) atoms. The molecule has 1 aliphatic rings. The van der Waals surface area contributed by atoms with Crippen LogP contribution in [0.1, 0.15) is 34.6 Å². The molecule has 0 atom stereocenters. The van der Waals surface area contributed by atoms with Gasteiger partial charge >= 0.3 is 0 Å². The summed E-state index contributed by atoms with van der Waals surface area (Å²) in [7, 11) is 0. The van der Waals surface area contributed by atoms with E-state index in [2.05, 4.69) is 0 Å².